The highest BCUT2D eigenvalue weighted by atomic mass is 16.3. The third-order valence-electron chi connectivity index (χ3n) is 4.20. The van der Waals surface area contributed by atoms with Crippen molar-refractivity contribution < 1.29 is 9.21 Å². The van der Waals surface area contributed by atoms with Gasteiger partial charge in [-0.15, -0.1) is 0 Å². The van der Waals surface area contributed by atoms with Crippen molar-refractivity contribution in [1.29, 1.82) is 0 Å². The summed E-state index contributed by atoms with van der Waals surface area (Å²) in [5.74, 6) is 0.977. The number of hydrogen-bond acceptors (Lipinski definition) is 2. The Labute approximate surface area is 122 Å². The average molecular weight is 280 g/mol. The standard InChI is InChI=1S/C17H16N2O2/c20-17(12-3-1-4-14-11(12)7-9-18-14)19-15-5-2-6-16-13(15)8-10-21-16/h1,3-4,7-10,15,18H,2,5-6H2,(H,19,20). The predicted octanol–water partition coefficient (Wildman–Crippen LogP) is 3.57. The van der Waals surface area contributed by atoms with E-state index in [-0.39, 0.29) is 11.9 Å². The van der Waals surface area contributed by atoms with Crippen LogP contribution in [-0.4, -0.2) is 10.9 Å². The van der Waals surface area contributed by atoms with E-state index in [9.17, 15) is 4.79 Å². The van der Waals surface area contributed by atoms with E-state index in [1.165, 1.54) is 0 Å². The van der Waals surface area contributed by atoms with Crippen molar-refractivity contribution in [3.63, 3.8) is 0 Å². The van der Waals surface area contributed by atoms with Gasteiger partial charge >= 0.3 is 0 Å². The molecule has 0 spiro atoms. The molecule has 1 unspecified atom stereocenters. The molecule has 106 valence electrons. The minimum atomic E-state index is -0.0285. The topological polar surface area (TPSA) is 58.0 Å². The lowest BCUT2D eigenvalue weighted by atomic mass is 9.93. The molecule has 2 aromatic heterocycles. The molecule has 0 radical (unpaired) electrons. The number of carbonyl (C=O) groups excluding carboxylic acids is 1. The summed E-state index contributed by atoms with van der Waals surface area (Å²) in [6.07, 6.45) is 6.53. The molecule has 4 nitrogen and oxygen atoms in total. The van der Waals surface area contributed by atoms with Gasteiger partial charge in [-0.25, -0.2) is 0 Å². The fourth-order valence-electron chi connectivity index (χ4n) is 3.16. The molecular weight excluding hydrogens is 264 g/mol. The van der Waals surface area contributed by atoms with Crippen molar-refractivity contribution in [2.24, 2.45) is 0 Å². The third-order valence-corrected chi connectivity index (χ3v) is 4.20. The Morgan fingerprint density at radius 1 is 1.29 bits per heavy atom. The van der Waals surface area contributed by atoms with Crippen LogP contribution in [0.15, 0.2) is 47.2 Å². The lowest BCUT2D eigenvalue weighted by Crippen LogP contribution is -2.30. The molecule has 2 heterocycles. The first-order chi connectivity index (χ1) is 10.3. The van der Waals surface area contributed by atoms with Crippen LogP contribution in [0.1, 0.15) is 40.6 Å². The van der Waals surface area contributed by atoms with Crippen molar-refractivity contribution in [1.82, 2.24) is 10.3 Å². The van der Waals surface area contributed by atoms with Crippen LogP contribution in [0.2, 0.25) is 0 Å². The molecule has 1 aromatic carbocycles. The van der Waals surface area contributed by atoms with E-state index in [2.05, 4.69) is 10.3 Å². The second-order valence-electron chi connectivity index (χ2n) is 5.46. The molecule has 1 amide bonds. The van der Waals surface area contributed by atoms with Gasteiger partial charge in [-0.3, -0.25) is 4.79 Å². The molecular formula is C17H16N2O2. The van der Waals surface area contributed by atoms with Crippen LogP contribution < -0.4 is 5.32 Å². The molecule has 21 heavy (non-hydrogen) atoms. The van der Waals surface area contributed by atoms with E-state index < -0.39 is 0 Å². The fourth-order valence-corrected chi connectivity index (χ4v) is 3.16. The SMILES string of the molecule is O=C(NC1CCCc2occc21)c1cccc2[nH]ccc12. The number of furan rings is 1. The highest BCUT2D eigenvalue weighted by Gasteiger charge is 2.24. The number of carbonyl (C=O) groups is 1. The van der Waals surface area contributed by atoms with E-state index in [0.29, 0.717) is 5.56 Å². The first kappa shape index (κ1) is 12.3. The number of amides is 1. The number of rotatable bonds is 2. The number of aryl methyl sites for hydroxylation is 1. The Morgan fingerprint density at radius 2 is 2.24 bits per heavy atom. The van der Waals surface area contributed by atoms with Crippen LogP contribution in [-0.2, 0) is 6.42 Å². The Kier molecular flexibility index (Phi) is 2.81. The van der Waals surface area contributed by atoms with Gasteiger partial charge in [0.25, 0.3) is 5.91 Å². The molecule has 1 atom stereocenters. The Balaban J connectivity index is 1.64. The molecule has 4 rings (SSSR count). The summed E-state index contributed by atoms with van der Waals surface area (Å²) < 4.78 is 5.48. The minimum Gasteiger partial charge on any atom is -0.469 e. The van der Waals surface area contributed by atoms with Crippen LogP contribution in [0.25, 0.3) is 10.9 Å². The lowest BCUT2D eigenvalue weighted by molar-refractivity contribution is 0.0934. The first-order valence-corrected chi connectivity index (χ1v) is 7.26. The van der Waals surface area contributed by atoms with Gasteiger partial charge in [0.05, 0.1) is 12.3 Å². The fraction of sp³-hybridized carbons (Fsp3) is 0.235. The van der Waals surface area contributed by atoms with Crippen LogP contribution in [0.3, 0.4) is 0 Å². The maximum absolute atomic E-state index is 12.6. The number of hydrogen-bond donors (Lipinski definition) is 2. The molecule has 4 heteroatoms. The zero-order valence-electron chi connectivity index (χ0n) is 11.6. The summed E-state index contributed by atoms with van der Waals surface area (Å²) in [5, 5.41) is 4.10. The van der Waals surface area contributed by atoms with Crippen molar-refractivity contribution in [2.45, 2.75) is 25.3 Å². The summed E-state index contributed by atoms with van der Waals surface area (Å²) in [6.45, 7) is 0. The van der Waals surface area contributed by atoms with E-state index >= 15 is 0 Å². The number of aromatic nitrogens is 1. The van der Waals surface area contributed by atoms with E-state index in [1.54, 1.807) is 6.26 Å². The summed E-state index contributed by atoms with van der Waals surface area (Å²) in [5.41, 5.74) is 2.82. The van der Waals surface area contributed by atoms with Gasteiger partial charge in [-0.1, -0.05) is 6.07 Å². The maximum atomic E-state index is 12.6. The second kappa shape index (κ2) is 4.81. The summed E-state index contributed by atoms with van der Waals surface area (Å²) >= 11 is 0. The molecule has 0 saturated heterocycles. The van der Waals surface area contributed by atoms with Crippen LogP contribution >= 0.6 is 0 Å². The Hall–Kier alpha value is -2.49. The maximum Gasteiger partial charge on any atom is 0.252 e. The molecule has 0 aliphatic heterocycles. The van der Waals surface area contributed by atoms with Gasteiger partial charge in [0, 0.05) is 34.6 Å². The number of benzene rings is 1. The Morgan fingerprint density at radius 3 is 3.19 bits per heavy atom. The van der Waals surface area contributed by atoms with Gasteiger partial charge in [-0.2, -0.15) is 0 Å². The quantitative estimate of drug-likeness (QED) is 0.754. The molecule has 0 fully saturated rings. The second-order valence-corrected chi connectivity index (χ2v) is 5.46. The van der Waals surface area contributed by atoms with Crippen molar-refractivity contribution in [3.8, 4) is 0 Å². The largest absolute Gasteiger partial charge is 0.469 e. The first-order valence-electron chi connectivity index (χ1n) is 7.26. The smallest absolute Gasteiger partial charge is 0.252 e. The van der Waals surface area contributed by atoms with Crippen LogP contribution in [0.4, 0.5) is 0 Å². The molecule has 3 aromatic rings. The van der Waals surface area contributed by atoms with Gasteiger partial charge < -0.3 is 14.7 Å². The minimum absolute atomic E-state index is 0.0285. The number of nitrogens with one attached hydrogen (secondary N) is 2. The number of aromatic amines is 1. The van der Waals surface area contributed by atoms with Crippen LogP contribution in [0, 0.1) is 0 Å². The molecule has 0 saturated carbocycles. The number of fused-ring (bicyclic) bond motifs is 2. The normalized spacial score (nSPS) is 17.6. The monoisotopic (exact) mass is 280 g/mol. The summed E-state index contributed by atoms with van der Waals surface area (Å²) in [6, 6.07) is 9.70. The van der Waals surface area contributed by atoms with E-state index in [0.717, 1.165) is 41.5 Å². The average Bonchev–Trinajstić information content (AvgIpc) is 3.15. The highest BCUT2D eigenvalue weighted by Crippen LogP contribution is 2.31. The zero-order chi connectivity index (χ0) is 14.2. The lowest BCUT2D eigenvalue weighted by Gasteiger charge is -2.22. The molecule has 0 bridgehead atoms. The highest BCUT2D eigenvalue weighted by molar-refractivity contribution is 6.06. The van der Waals surface area contributed by atoms with Crippen molar-refractivity contribution >= 4 is 16.8 Å². The molecule has 1 aliphatic rings. The Bertz CT molecular complexity index is 800. The van der Waals surface area contributed by atoms with Gasteiger partial charge in [0.1, 0.15) is 5.76 Å². The van der Waals surface area contributed by atoms with Gasteiger partial charge in [0.2, 0.25) is 0 Å². The molecule has 1 aliphatic carbocycles. The van der Waals surface area contributed by atoms with Crippen molar-refractivity contribution in [3.05, 3.63) is 59.7 Å². The molecule has 2 N–H and O–H groups in total. The van der Waals surface area contributed by atoms with E-state index in [4.69, 9.17) is 4.42 Å². The van der Waals surface area contributed by atoms with Crippen LogP contribution in [0.5, 0.6) is 0 Å². The zero-order valence-corrected chi connectivity index (χ0v) is 11.6. The summed E-state index contributed by atoms with van der Waals surface area (Å²) in [7, 11) is 0. The van der Waals surface area contributed by atoms with Crippen molar-refractivity contribution in [2.75, 3.05) is 0 Å². The van der Waals surface area contributed by atoms with Gasteiger partial charge in [0.15, 0.2) is 0 Å². The summed E-state index contributed by atoms with van der Waals surface area (Å²) in [4.78, 5) is 15.7. The van der Waals surface area contributed by atoms with E-state index in [1.807, 2.05) is 36.5 Å². The third kappa shape index (κ3) is 2.03. The van der Waals surface area contributed by atoms with Gasteiger partial charge in [-0.05, 0) is 37.1 Å². The predicted molar refractivity (Wildman–Crippen MR) is 80.2 cm³/mol. The number of H-pyrrole nitrogens is 1.